The van der Waals surface area contributed by atoms with Crippen LogP contribution in [0.4, 0.5) is 0 Å². The van der Waals surface area contributed by atoms with Gasteiger partial charge < -0.3 is 10.1 Å². The molecule has 1 unspecified atom stereocenters. The molecule has 0 bridgehead atoms. The van der Waals surface area contributed by atoms with Gasteiger partial charge in [-0.15, -0.1) is 0 Å². The summed E-state index contributed by atoms with van der Waals surface area (Å²) in [6.45, 7) is 0.446. The minimum Gasteiger partial charge on any atom is -0.457 e. The number of hydrogen-bond donors (Lipinski definition) is 1. The lowest BCUT2D eigenvalue weighted by atomic mass is 9.91. The van der Waals surface area contributed by atoms with Gasteiger partial charge in [0.05, 0.1) is 0 Å². The van der Waals surface area contributed by atoms with Crippen LogP contribution >= 0.6 is 0 Å². The standard InChI is InChI=1S/C31H29NO3/c33-28(21-25-16-18-30(19-17-25)35-29-14-8-3-9-15-29)22-27(20-24-10-4-1-5-11-24)31(34)32-23-26-12-6-2-7-13-26/h1-19,27H,20-23H2,(H,32,34). The van der Waals surface area contributed by atoms with Gasteiger partial charge in [0.1, 0.15) is 17.3 Å². The van der Waals surface area contributed by atoms with Crippen LogP contribution in [-0.2, 0) is 29.0 Å². The molecule has 0 aliphatic carbocycles. The lowest BCUT2D eigenvalue weighted by molar-refractivity contribution is -0.129. The van der Waals surface area contributed by atoms with Gasteiger partial charge in [-0.2, -0.15) is 0 Å². The Labute approximate surface area is 206 Å². The van der Waals surface area contributed by atoms with Gasteiger partial charge in [0.2, 0.25) is 5.91 Å². The van der Waals surface area contributed by atoms with Crippen molar-refractivity contribution < 1.29 is 14.3 Å². The first-order chi connectivity index (χ1) is 17.2. The van der Waals surface area contributed by atoms with E-state index in [-0.39, 0.29) is 24.5 Å². The molecule has 0 heterocycles. The SMILES string of the molecule is O=C(Cc1ccc(Oc2ccccc2)cc1)CC(Cc1ccccc1)C(=O)NCc1ccccc1. The van der Waals surface area contributed by atoms with E-state index in [1.165, 1.54) is 0 Å². The smallest absolute Gasteiger partial charge is 0.224 e. The van der Waals surface area contributed by atoms with Crippen LogP contribution in [0, 0.1) is 5.92 Å². The molecule has 0 aromatic heterocycles. The van der Waals surface area contributed by atoms with Crippen LogP contribution in [-0.4, -0.2) is 11.7 Å². The van der Waals surface area contributed by atoms with Crippen molar-refractivity contribution in [1.82, 2.24) is 5.32 Å². The molecule has 0 saturated carbocycles. The maximum atomic E-state index is 13.0. The Kier molecular flexibility index (Phi) is 8.44. The van der Waals surface area contributed by atoms with Gasteiger partial charge in [0, 0.05) is 25.3 Å². The highest BCUT2D eigenvalue weighted by atomic mass is 16.5. The van der Waals surface area contributed by atoms with E-state index >= 15 is 0 Å². The monoisotopic (exact) mass is 463 g/mol. The number of ketones is 1. The van der Waals surface area contributed by atoms with E-state index in [0.29, 0.717) is 13.0 Å². The number of amides is 1. The van der Waals surface area contributed by atoms with Crippen molar-refractivity contribution in [3.63, 3.8) is 0 Å². The van der Waals surface area contributed by atoms with Gasteiger partial charge >= 0.3 is 0 Å². The fourth-order valence-corrected chi connectivity index (χ4v) is 3.96. The van der Waals surface area contributed by atoms with Crippen LogP contribution in [0.5, 0.6) is 11.5 Å². The summed E-state index contributed by atoms with van der Waals surface area (Å²) < 4.78 is 5.83. The van der Waals surface area contributed by atoms with Crippen molar-refractivity contribution in [2.24, 2.45) is 5.92 Å². The summed E-state index contributed by atoms with van der Waals surface area (Å²) in [5.74, 6) is 1.00. The minimum atomic E-state index is -0.422. The van der Waals surface area contributed by atoms with Crippen LogP contribution < -0.4 is 10.1 Å². The van der Waals surface area contributed by atoms with Crippen LogP contribution in [0.2, 0.25) is 0 Å². The second kappa shape index (κ2) is 12.3. The molecule has 1 amide bonds. The second-order valence-electron chi connectivity index (χ2n) is 8.57. The molecule has 176 valence electrons. The third-order valence-corrected chi connectivity index (χ3v) is 5.78. The Morgan fingerprint density at radius 2 is 1.17 bits per heavy atom. The summed E-state index contributed by atoms with van der Waals surface area (Å²) in [6, 6.07) is 36.7. The van der Waals surface area contributed by atoms with Crippen molar-refractivity contribution in [3.05, 3.63) is 132 Å². The number of carbonyl (C=O) groups is 2. The van der Waals surface area contributed by atoms with E-state index < -0.39 is 5.92 Å². The first kappa shape index (κ1) is 24.0. The van der Waals surface area contributed by atoms with Gasteiger partial charge in [-0.3, -0.25) is 9.59 Å². The Bertz CT molecular complexity index is 1210. The van der Waals surface area contributed by atoms with Crippen molar-refractivity contribution in [1.29, 1.82) is 0 Å². The van der Waals surface area contributed by atoms with Gasteiger partial charge in [-0.1, -0.05) is 91.0 Å². The molecule has 4 aromatic rings. The molecule has 0 spiro atoms. The highest BCUT2D eigenvalue weighted by Crippen LogP contribution is 2.22. The summed E-state index contributed by atoms with van der Waals surface area (Å²) in [5, 5.41) is 3.01. The largest absolute Gasteiger partial charge is 0.457 e. The lowest BCUT2D eigenvalue weighted by Crippen LogP contribution is -2.33. The fraction of sp³-hybridized carbons (Fsp3) is 0.161. The third kappa shape index (κ3) is 7.68. The van der Waals surface area contributed by atoms with E-state index in [9.17, 15) is 9.59 Å². The van der Waals surface area contributed by atoms with E-state index in [0.717, 1.165) is 28.2 Å². The summed E-state index contributed by atoms with van der Waals surface area (Å²) in [7, 11) is 0. The zero-order chi connectivity index (χ0) is 24.3. The average Bonchev–Trinajstić information content (AvgIpc) is 2.90. The summed E-state index contributed by atoms with van der Waals surface area (Å²) in [4.78, 5) is 26.0. The number of nitrogens with one attached hydrogen (secondary N) is 1. The molecule has 0 radical (unpaired) electrons. The summed E-state index contributed by atoms with van der Waals surface area (Å²) >= 11 is 0. The van der Waals surface area contributed by atoms with Gasteiger partial charge in [-0.25, -0.2) is 0 Å². The summed E-state index contributed by atoms with van der Waals surface area (Å²) in [5.41, 5.74) is 2.98. The minimum absolute atomic E-state index is 0.0394. The molecule has 1 atom stereocenters. The van der Waals surface area contributed by atoms with Gasteiger partial charge in [0.25, 0.3) is 0 Å². The molecule has 35 heavy (non-hydrogen) atoms. The molecule has 1 N–H and O–H groups in total. The zero-order valence-corrected chi connectivity index (χ0v) is 19.6. The number of hydrogen-bond acceptors (Lipinski definition) is 3. The Morgan fingerprint density at radius 1 is 0.629 bits per heavy atom. The lowest BCUT2D eigenvalue weighted by Gasteiger charge is -2.17. The van der Waals surface area contributed by atoms with Crippen LogP contribution in [0.1, 0.15) is 23.1 Å². The zero-order valence-electron chi connectivity index (χ0n) is 19.6. The molecule has 0 fully saturated rings. The van der Waals surface area contributed by atoms with Crippen LogP contribution in [0.25, 0.3) is 0 Å². The molecule has 4 rings (SSSR count). The number of rotatable bonds is 11. The van der Waals surface area contributed by atoms with Crippen LogP contribution in [0.15, 0.2) is 115 Å². The average molecular weight is 464 g/mol. The number of benzene rings is 4. The van der Waals surface area contributed by atoms with Gasteiger partial charge in [0.15, 0.2) is 0 Å². The number of ether oxygens (including phenoxy) is 1. The maximum Gasteiger partial charge on any atom is 0.224 e. The molecule has 0 aliphatic rings. The first-order valence-electron chi connectivity index (χ1n) is 11.8. The molecular weight excluding hydrogens is 434 g/mol. The predicted molar refractivity (Wildman–Crippen MR) is 138 cm³/mol. The Balaban J connectivity index is 1.37. The highest BCUT2D eigenvalue weighted by Gasteiger charge is 2.22. The third-order valence-electron chi connectivity index (χ3n) is 5.78. The normalized spacial score (nSPS) is 11.4. The maximum absolute atomic E-state index is 13.0. The molecular formula is C31H29NO3. The highest BCUT2D eigenvalue weighted by molar-refractivity contribution is 5.88. The quantitative estimate of drug-likeness (QED) is 0.290. The van der Waals surface area contributed by atoms with Crippen molar-refractivity contribution in [3.8, 4) is 11.5 Å². The predicted octanol–water partition coefficient (Wildman–Crippen LogP) is 6.16. The summed E-state index contributed by atoms with van der Waals surface area (Å²) in [6.07, 6.45) is 0.998. The van der Waals surface area contributed by atoms with Gasteiger partial charge in [-0.05, 0) is 47.4 Å². The fourth-order valence-electron chi connectivity index (χ4n) is 3.96. The van der Waals surface area contributed by atoms with Crippen molar-refractivity contribution >= 4 is 11.7 Å². The molecule has 4 heteroatoms. The van der Waals surface area contributed by atoms with E-state index in [2.05, 4.69) is 5.32 Å². The molecule has 0 saturated heterocycles. The number of Topliss-reactive ketones (excluding diaryl/α,β-unsaturated/α-hetero) is 1. The number of carbonyl (C=O) groups excluding carboxylic acids is 2. The molecule has 4 nitrogen and oxygen atoms in total. The Hall–Kier alpha value is -4.18. The molecule has 4 aromatic carbocycles. The number of para-hydroxylation sites is 1. The Morgan fingerprint density at radius 3 is 1.80 bits per heavy atom. The second-order valence-corrected chi connectivity index (χ2v) is 8.57. The van der Waals surface area contributed by atoms with E-state index in [4.69, 9.17) is 4.74 Å². The van der Waals surface area contributed by atoms with E-state index in [1.807, 2.05) is 115 Å². The van der Waals surface area contributed by atoms with Crippen molar-refractivity contribution in [2.45, 2.75) is 25.8 Å². The van der Waals surface area contributed by atoms with Crippen molar-refractivity contribution in [2.75, 3.05) is 0 Å². The molecule has 0 aliphatic heterocycles. The first-order valence-corrected chi connectivity index (χ1v) is 11.8. The topological polar surface area (TPSA) is 55.4 Å². The van der Waals surface area contributed by atoms with Crippen LogP contribution in [0.3, 0.4) is 0 Å². The van der Waals surface area contributed by atoms with E-state index in [1.54, 1.807) is 0 Å².